The van der Waals surface area contributed by atoms with E-state index >= 15 is 0 Å². The Morgan fingerprint density at radius 3 is 2.13 bits per heavy atom. The summed E-state index contributed by atoms with van der Waals surface area (Å²) in [6.07, 6.45) is -3.01. The fourth-order valence-corrected chi connectivity index (χ4v) is 5.31. The van der Waals surface area contributed by atoms with Crippen LogP contribution >= 0.6 is 0 Å². The molecule has 3 aromatic carbocycles. The molecule has 1 amide bonds. The van der Waals surface area contributed by atoms with Crippen LogP contribution in [0, 0.1) is 11.5 Å². The van der Waals surface area contributed by atoms with Crippen molar-refractivity contribution in [1.82, 2.24) is 25.9 Å². The first-order chi connectivity index (χ1) is 22.4. The van der Waals surface area contributed by atoms with Gasteiger partial charge in [-0.25, -0.2) is 4.99 Å². The van der Waals surface area contributed by atoms with E-state index < -0.39 is 35.1 Å². The number of H-pyrrole nitrogens is 1. The van der Waals surface area contributed by atoms with Gasteiger partial charge < -0.3 is 4.90 Å². The van der Waals surface area contributed by atoms with Gasteiger partial charge in [-0.15, -0.1) is 5.10 Å². The van der Waals surface area contributed by atoms with Gasteiger partial charge in [0.1, 0.15) is 0 Å². The van der Waals surface area contributed by atoms with Gasteiger partial charge in [-0.3, -0.25) is 15.4 Å². The molecule has 1 aromatic heterocycles. The Kier molecular flexibility index (Phi) is 9.73. The fourth-order valence-electron chi connectivity index (χ4n) is 5.31. The molecule has 0 unspecified atom stereocenters. The first-order valence-electron chi connectivity index (χ1n) is 14.5. The molecule has 0 saturated heterocycles. The number of hydrogen-bond acceptors (Lipinski definition) is 6. The molecule has 1 fully saturated rings. The smallest absolute Gasteiger partial charge is 0.307 e. The van der Waals surface area contributed by atoms with E-state index in [0.717, 1.165) is 31.2 Å². The summed E-state index contributed by atoms with van der Waals surface area (Å²) in [5.74, 6) is -0.502. The van der Waals surface area contributed by atoms with E-state index in [2.05, 4.69) is 36.3 Å². The number of aromatic amines is 1. The maximum absolute atomic E-state index is 13.6. The summed E-state index contributed by atoms with van der Waals surface area (Å²) in [5, 5.41) is 27.3. The molecule has 3 N–H and O–H groups in total. The van der Waals surface area contributed by atoms with Crippen LogP contribution < -0.4 is 15.5 Å². The number of nitrogens with one attached hydrogen (secondary N) is 3. The number of anilines is 2. The number of nitriles is 1. The first kappa shape index (κ1) is 32.9. The molecule has 16 heteroatoms. The van der Waals surface area contributed by atoms with E-state index in [4.69, 9.17) is 0 Å². The molecule has 0 bridgehead atoms. The number of aliphatic imine (C=N–C) groups is 1. The molecular weight excluding hydrogens is 628 g/mol. The predicted octanol–water partition coefficient (Wildman–Crippen LogP) is 7.30. The number of carbonyl (C=O) groups excluding carboxylic acids is 1. The molecule has 47 heavy (non-hydrogen) atoms. The summed E-state index contributed by atoms with van der Waals surface area (Å²) in [4.78, 5) is 18.1. The Hall–Kier alpha value is -5.46. The Morgan fingerprint density at radius 2 is 1.57 bits per heavy atom. The number of amides is 1. The number of rotatable bonds is 7. The second-order valence-corrected chi connectivity index (χ2v) is 10.8. The largest absolute Gasteiger partial charge is 0.416 e. The standard InChI is InChI=1S/C31H27F6N9O/c32-30(33,34)23-14-24(31(35,36)37)16-25(15-23)40-29(39-18-38)46(26-12-10-21(11-13-26)20-4-2-1-3-5-20)17-19-6-8-22(9-7-19)27(47)41-28-42-44-45-43-28/h6-16,20H,1-5,17H2,(H,39,40)(H2,41,42,43,44,45,47). The van der Waals surface area contributed by atoms with Crippen LogP contribution in [0.1, 0.15) is 70.6 Å². The molecule has 1 saturated carbocycles. The molecule has 5 rings (SSSR count). The monoisotopic (exact) mass is 655 g/mol. The van der Waals surface area contributed by atoms with Gasteiger partial charge in [0, 0.05) is 11.3 Å². The molecule has 0 spiro atoms. The van der Waals surface area contributed by atoms with Crippen LogP contribution in [0.3, 0.4) is 0 Å². The lowest BCUT2D eigenvalue weighted by Crippen LogP contribution is -2.39. The Labute approximate surface area is 264 Å². The highest BCUT2D eigenvalue weighted by Crippen LogP contribution is 2.39. The fraction of sp³-hybridized carbons (Fsp3) is 0.290. The van der Waals surface area contributed by atoms with Gasteiger partial charge in [0.2, 0.25) is 5.96 Å². The van der Waals surface area contributed by atoms with E-state index in [1.54, 1.807) is 30.5 Å². The minimum Gasteiger partial charge on any atom is -0.307 e. The lowest BCUT2D eigenvalue weighted by Gasteiger charge is -2.27. The number of alkyl halides is 6. The minimum atomic E-state index is -5.08. The maximum atomic E-state index is 13.6. The quantitative estimate of drug-likeness (QED) is 0.0625. The zero-order valence-corrected chi connectivity index (χ0v) is 24.5. The molecule has 4 aromatic rings. The number of halogens is 6. The third kappa shape index (κ3) is 8.43. The normalized spacial score (nSPS) is 14.4. The van der Waals surface area contributed by atoms with Crippen molar-refractivity contribution < 1.29 is 31.1 Å². The van der Waals surface area contributed by atoms with Gasteiger partial charge in [-0.1, -0.05) is 48.6 Å². The lowest BCUT2D eigenvalue weighted by atomic mass is 9.84. The minimum absolute atomic E-state index is 0.00849. The van der Waals surface area contributed by atoms with Crippen molar-refractivity contribution >= 4 is 29.2 Å². The topological polar surface area (TPSA) is 135 Å². The van der Waals surface area contributed by atoms with Crippen molar-refractivity contribution in [2.75, 3.05) is 10.2 Å². The summed E-state index contributed by atoms with van der Waals surface area (Å²) < 4.78 is 81.5. The summed E-state index contributed by atoms with van der Waals surface area (Å²) in [6.45, 7) is -0.0336. The second-order valence-electron chi connectivity index (χ2n) is 10.8. The Balaban J connectivity index is 1.53. The van der Waals surface area contributed by atoms with E-state index in [-0.39, 0.29) is 30.1 Å². The zero-order valence-electron chi connectivity index (χ0n) is 24.5. The van der Waals surface area contributed by atoms with Gasteiger partial charge in [0.15, 0.2) is 6.19 Å². The number of aromatic nitrogens is 4. The van der Waals surface area contributed by atoms with E-state index in [1.165, 1.54) is 23.5 Å². The summed E-state index contributed by atoms with van der Waals surface area (Å²) >= 11 is 0. The number of nitrogens with zero attached hydrogens (tertiary/aromatic N) is 6. The van der Waals surface area contributed by atoms with Crippen LogP contribution in [-0.4, -0.2) is 32.5 Å². The first-order valence-corrected chi connectivity index (χ1v) is 14.5. The third-order valence-electron chi connectivity index (χ3n) is 7.64. The summed E-state index contributed by atoms with van der Waals surface area (Å²) in [5.41, 5.74) is -1.36. The van der Waals surface area contributed by atoms with E-state index in [0.29, 0.717) is 29.3 Å². The van der Waals surface area contributed by atoms with Crippen molar-refractivity contribution in [2.45, 2.75) is 56.9 Å². The molecule has 1 aliphatic rings. The average Bonchev–Trinajstić information content (AvgIpc) is 3.56. The number of benzene rings is 3. The lowest BCUT2D eigenvalue weighted by molar-refractivity contribution is -0.143. The van der Waals surface area contributed by atoms with Crippen molar-refractivity contribution in [3.63, 3.8) is 0 Å². The SMILES string of the molecule is N#CNC(=Nc1cc(C(F)(F)F)cc(C(F)(F)F)c1)N(Cc1ccc(C(=O)Nc2nn[nH]n2)cc1)c1ccc(C2CCCCC2)cc1. The van der Waals surface area contributed by atoms with Crippen LogP contribution in [0.4, 0.5) is 43.7 Å². The highest BCUT2D eigenvalue weighted by atomic mass is 19.4. The van der Waals surface area contributed by atoms with Crippen LogP contribution in [0.25, 0.3) is 0 Å². The maximum Gasteiger partial charge on any atom is 0.416 e. The van der Waals surface area contributed by atoms with Crippen LogP contribution in [0.5, 0.6) is 0 Å². The van der Waals surface area contributed by atoms with Crippen LogP contribution in [0.2, 0.25) is 0 Å². The predicted molar refractivity (Wildman–Crippen MR) is 159 cm³/mol. The van der Waals surface area contributed by atoms with Crippen molar-refractivity contribution in [3.05, 3.63) is 94.5 Å². The van der Waals surface area contributed by atoms with Crippen LogP contribution in [0.15, 0.2) is 71.7 Å². The second kappa shape index (κ2) is 13.9. The molecule has 1 heterocycles. The molecule has 10 nitrogen and oxygen atoms in total. The van der Waals surface area contributed by atoms with Crippen LogP contribution in [-0.2, 0) is 18.9 Å². The number of carbonyl (C=O) groups is 1. The van der Waals surface area contributed by atoms with Crippen molar-refractivity contribution in [3.8, 4) is 6.19 Å². The number of tetrazole rings is 1. The molecular formula is C31H27F6N9O. The Bertz CT molecular complexity index is 1710. The number of hydrogen-bond donors (Lipinski definition) is 3. The van der Waals surface area contributed by atoms with Gasteiger partial charge in [-0.2, -0.15) is 36.8 Å². The Morgan fingerprint density at radius 1 is 0.936 bits per heavy atom. The average molecular weight is 656 g/mol. The van der Waals surface area contributed by atoms with E-state index in [9.17, 15) is 36.4 Å². The van der Waals surface area contributed by atoms with Gasteiger partial charge >= 0.3 is 12.4 Å². The van der Waals surface area contributed by atoms with Gasteiger partial charge in [0.25, 0.3) is 11.9 Å². The van der Waals surface area contributed by atoms with Crippen molar-refractivity contribution in [2.24, 2.45) is 4.99 Å². The van der Waals surface area contributed by atoms with E-state index in [1.807, 2.05) is 12.1 Å². The molecule has 0 radical (unpaired) electrons. The highest BCUT2D eigenvalue weighted by molar-refractivity contribution is 6.03. The number of guanidine groups is 1. The molecule has 0 atom stereocenters. The van der Waals surface area contributed by atoms with Gasteiger partial charge in [0.05, 0.1) is 23.4 Å². The summed E-state index contributed by atoms with van der Waals surface area (Å²) in [6, 6.07) is 14.5. The van der Waals surface area contributed by atoms with Gasteiger partial charge in [-0.05, 0) is 77.6 Å². The third-order valence-corrected chi connectivity index (χ3v) is 7.64. The molecule has 244 valence electrons. The molecule has 1 aliphatic carbocycles. The highest BCUT2D eigenvalue weighted by Gasteiger charge is 2.37. The van der Waals surface area contributed by atoms with Crippen molar-refractivity contribution in [1.29, 1.82) is 5.26 Å². The molecule has 0 aliphatic heterocycles. The zero-order chi connectivity index (χ0) is 33.6. The summed E-state index contributed by atoms with van der Waals surface area (Å²) in [7, 11) is 0.